The van der Waals surface area contributed by atoms with Crippen molar-refractivity contribution >= 4 is 99.5 Å². The monoisotopic (exact) mass is 1010 g/mol. The fourth-order valence-corrected chi connectivity index (χ4v) is 11.6. The number of benzene rings is 11. The van der Waals surface area contributed by atoms with Gasteiger partial charge in [-0.25, -0.2) is 0 Å². The normalized spacial score (nSPS) is 12.2. The van der Waals surface area contributed by atoms with Gasteiger partial charge in [-0.15, -0.1) is 0 Å². The zero-order chi connectivity index (χ0) is 53.8. The fraction of sp³-hybridized carbons (Fsp3) is 0.162. The second kappa shape index (κ2) is 18.4. The van der Waals surface area contributed by atoms with Gasteiger partial charge in [-0.3, -0.25) is 0 Å². The van der Waals surface area contributed by atoms with E-state index in [0.717, 1.165) is 122 Å². The zero-order valence-electron chi connectivity index (χ0n) is 46.3. The van der Waals surface area contributed by atoms with Gasteiger partial charge in [0, 0.05) is 66.8 Å². The molecule has 0 unspecified atom stereocenters. The molecule has 0 amide bonds. The van der Waals surface area contributed by atoms with Crippen LogP contribution < -0.4 is 9.80 Å². The van der Waals surface area contributed by atoms with E-state index >= 15 is 0 Å². The van der Waals surface area contributed by atoms with Crippen molar-refractivity contribution in [1.29, 1.82) is 0 Å². The van der Waals surface area contributed by atoms with Gasteiger partial charge in [0.2, 0.25) is 0 Å². The number of rotatable bonds is 8. The molecule has 2 heterocycles. The number of fused-ring (bicyclic) bond motifs is 9. The Balaban J connectivity index is 1.05. The third-order valence-electron chi connectivity index (χ3n) is 16.3. The van der Waals surface area contributed by atoms with Gasteiger partial charge < -0.3 is 18.6 Å². The lowest BCUT2D eigenvalue weighted by Gasteiger charge is -2.28. The molecule has 0 aliphatic carbocycles. The van der Waals surface area contributed by atoms with Crippen molar-refractivity contribution in [2.75, 3.05) is 9.80 Å². The van der Waals surface area contributed by atoms with Crippen LogP contribution >= 0.6 is 0 Å². The smallest absolute Gasteiger partial charge is 0.179 e. The molecule has 0 fully saturated rings. The molecule has 13 aromatic rings. The van der Waals surface area contributed by atoms with Gasteiger partial charge in [-0.05, 0) is 202 Å². The van der Waals surface area contributed by atoms with Gasteiger partial charge in [-0.2, -0.15) is 0 Å². The molecule has 78 heavy (non-hydrogen) atoms. The Kier molecular flexibility index (Phi) is 11.5. The molecule has 382 valence electrons. The SMILES string of the molecule is Cc1ccc(N(c2cccc(C(C)(C)C)c2)c2ccc3cc4c(cc3c2)oc2c3oc5cc6cc(N(c7cccc(C(C)(C)C)c7)c7ccc(C)c(C)c7)ccc6cc5c3c(-c3ccccc3)c(-c3ccccc3)c42)cc1C. The maximum absolute atomic E-state index is 7.29. The standard InChI is InChI=1S/C74H64N2O2/c1-45-27-31-59(35-47(45)3)75(57-25-17-23-55(43-57)73(5,6)7)61-33-29-51-39-63-65(41-53(51)37-61)77-71-69(63)67(49-19-13-11-14-20-49)68(50-21-15-12-16-22-50)70-64-40-52-30-34-62(38-54(52)42-66(64)78-72(70)71)76(60-32-28-46(2)48(4)36-60)58-26-18-24-56(44-58)74(8,9)10/h11-44H,1-10H3. The molecule has 0 atom stereocenters. The Hall–Kier alpha value is -8.86. The number of hydrogen-bond acceptors (Lipinski definition) is 4. The van der Waals surface area contributed by atoms with E-state index < -0.39 is 0 Å². The number of anilines is 6. The van der Waals surface area contributed by atoms with E-state index in [-0.39, 0.29) is 10.8 Å². The molecule has 0 saturated heterocycles. The number of hydrogen-bond donors (Lipinski definition) is 0. The van der Waals surface area contributed by atoms with Crippen LogP contribution in [0.1, 0.15) is 74.9 Å². The highest BCUT2D eigenvalue weighted by atomic mass is 16.4. The maximum atomic E-state index is 7.29. The van der Waals surface area contributed by atoms with Gasteiger partial charge in [0.05, 0.1) is 0 Å². The molecule has 0 bridgehead atoms. The van der Waals surface area contributed by atoms with Crippen LogP contribution in [0.15, 0.2) is 215 Å². The molecule has 0 saturated carbocycles. The van der Waals surface area contributed by atoms with Crippen molar-refractivity contribution in [1.82, 2.24) is 0 Å². The molecule has 0 aliphatic rings. The van der Waals surface area contributed by atoms with Gasteiger partial charge in [0.15, 0.2) is 11.2 Å². The minimum Gasteiger partial charge on any atom is -0.452 e. The molecule has 2 aromatic heterocycles. The van der Waals surface area contributed by atoms with Crippen molar-refractivity contribution in [3.63, 3.8) is 0 Å². The molecule has 0 aliphatic heterocycles. The molecule has 13 rings (SSSR count). The summed E-state index contributed by atoms with van der Waals surface area (Å²) >= 11 is 0. The Labute approximate surface area is 457 Å². The lowest BCUT2D eigenvalue weighted by molar-refractivity contribution is 0.590. The fourth-order valence-electron chi connectivity index (χ4n) is 11.6. The highest BCUT2D eigenvalue weighted by molar-refractivity contribution is 6.31. The second-order valence-corrected chi connectivity index (χ2v) is 23.7. The summed E-state index contributed by atoms with van der Waals surface area (Å²) in [5.41, 5.74) is 21.8. The molecule has 11 aromatic carbocycles. The largest absolute Gasteiger partial charge is 0.452 e. The Morgan fingerprint density at radius 2 is 0.679 bits per heavy atom. The van der Waals surface area contributed by atoms with Crippen LogP contribution in [0.2, 0.25) is 0 Å². The highest BCUT2D eigenvalue weighted by Gasteiger charge is 2.28. The van der Waals surface area contributed by atoms with Crippen LogP contribution in [0.4, 0.5) is 34.1 Å². The lowest BCUT2D eigenvalue weighted by atomic mass is 9.86. The van der Waals surface area contributed by atoms with Crippen LogP contribution in [-0.4, -0.2) is 0 Å². The summed E-state index contributed by atoms with van der Waals surface area (Å²) in [7, 11) is 0. The maximum Gasteiger partial charge on any atom is 0.179 e. The van der Waals surface area contributed by atoms with Crippen LogP contribution in [-0.2, 0) is 10.8 Å². The Morgan fingerprint density at radius 3 is 1.06 bits per heavy atom. The van der Waals surface area contributed by atoms with Crippen molar-refractivity contribution in [2.45, 2.75) is 80.1 Å². The quantitative estimate of drug-likeness (QED) is 0.152. The van der Waals surface area contributed by atoms with Gasteiger partial charge in [0.1, 0.15) is 11.2 Å². The van der Waals surface area contributed by atoms with E-state index in [1.165, 1.54) is 33.4 Å². The predicted octanol–water partition coefficient (Wildman–Crippen LogP) is 21.9. The average Bonchev–Trinajstić information content (AvgIpc) is 3.85. The summed E-state index contributed by atoms with van der Waals surface area (Å²) in [5, 5.41) is 8.61. The van der Waals surface area contributed by atoms with Crippen molar-refractivity contribution in [3.8, 4) is 22.3 Å². The van der Waals surface area contributed by atoms with Crippen molar-refractivity contribution < 1.29 is 8.83 Å². The van der Waals surface area contributed by atoms with Crippen LogP contribution in [0.25, 0.3) is 87.7 Å². The first-order valence-corrected chi connectivity index (χ1v) is 27.4. The predicted molar refractivity (Wildman–Crippen MR) is 333 cm³/mol. The summed E-state index contributed by atoms with van der Waals surface area (Å²) in [4.78, 5) is 4.78. The van der Waals surface area contributed by atoms with E-state index in [4.69, 9.17) is 8.83 Å². The molecule has 0 spiro atoms. The zero-order valence-corrected chi connectivity index (χ0v) is 46.3. The summed E-state index contributed by atoms with van der Waals surface area (Å²) in [5.74, 6) is 0. The highest BCUT2D eigenvalue weighted by Crippen LogP contribution is 2.52. The third kappa shape index (κ3) is 8.39. The van der Waals surface area contributed by atoms with Crippen LogP contribution in [0.3, 0.4) is 0 Å². The molecular formula is C74H64N2O2. The Bertz CT molecular complexity index is 4220. The van der Waals surface area contributed by atoms with Crippen LogP contribution in [0.5, 0.6) is 0 Å². The number of aryl methyl sites for hydroxylation is 4. The van der Waals surface area contributed by atoms with Gasteiger partial charge >= 0.3 is 0 Å². The molecule has 0 N–H and O–H groups in total. The molecule has 4 heteroatoms. The van der Waals surface area contributed by atoms with E-state index in [1.807, 2.05) is 0 Å². The van der Waals surface area contributed by atoms with E-state index in [0.29, 0.717) is 0 Å². The van der Waals surface area contributed by atoms with Gasteiger partial charge in [0.25, 0.3) is 0 Å². The summed E-state index contributed by atoms with van der Waals surface area (Å²) < 4.78 is 14.6. The summed E-state index contributed by atoms with van der Waals surface area (Å²) in [6.45, 7) is 22.4. The second-order valence-electron chi connectivity index (χ2n) is 23.7. The van der Waals surface area contributed by atoms with Gasteiger partial charge in [-0.1, -0.05) is 151 Å². The molecule has 4 nitrogen and oxygen atoms in total. The minimum atomic E-state index is -0.00881. The average molecular weight is 1010 g/mol. The third-order valence-corrected chi connectivity index (χ3v) is 16.3. The summed E-state index contributed by atoms with van der Waals surface area (Å²) in [6.07, 6.45) is 0. The molecular weight excluding hydrogens is 949 g/mol. The first-order valence-electron chi connectivity index (χ1n) is 27.4. The topological polar surface area (TPSA) is 32.8 Å². The first kappa shape index (κ1) is 48.8. The Morgan fingerprint density at radius 1 is 0.308 bits per heavy atom. The van der Waals surface area contributed by atoms with Crippen molar-refractivity contribution in [3.05, 3.63) is 240 Å². The lowest BCUT2D eigenvalue weighted by Crippen LogP contribution is -2.14. The minimum absolute atomic E-state index is 0.00881. The molecule has 0 radical (unpaired) electrons. The van der Waals surface area contributed by atoms with Crippen molar-refractivity contribution in [2.24, 2.45) is 0 Å². The van der Waals surface area contributed by atoms with E-state index in [1.54, 1.807) is 0 Å². The van der Waals surface area contributed by atoms with Crippen LogP contribution in [0, 0.1) is 27.7 Å². The van der Waals surface area contributed by atoms with E-state index in [9.17, 15) is 0 Å². The van der Waals surface area contributed by atoms with E-state index in [2.05, 4.69) is 285 Å². The first-order chi connectivity index (χ1) is 37.6. The number of nitrogens with zero attached hydrogens (tertiary/aromatic N) is 2. The number of furan rings is 2. The summed E-state index contributed by atoms with van der Waals surface area (Å²) in [6, 6.07) is 76.0.